The molecule has 0 saturated heterocycles. The van der Waals surface area contributed by atoms with Crippen molar-refractivity contribution in [1.29, 1.82) is 0 Å². The first kappa shape index (κ1) is 9.92. The number of sulfone groups is 1. The molecule has 0 aliphatic rings. The van der Waals surface area contributed by atoms with Crippen molar-refractivity contribution in [2.75, 3.05) is 0 Å². The van der Waals surface area contributed by atoms with Crippen molar-refractivity contribution in [1.82, 2.24) is 10.2 Å². The molecular weight excluding hydrogens is 212 g/mol. The fourth-order valence-corrected chi connectivity index (χ4v) is 2.62. The van der Waals surface area contributed by atoms with Crippen molar-refractivity contribution in [2.45, 2.75) is 10.6 Å². The van der Waals surface area contributed by atoms with Crippen LogP contribution in [0.15, 0.2) is 47.6 Å². The van der Waals surface area contributed by atoms with Crippen molar-refractivity contribution in [3.8, 4) is 0 Å². The summed E-state index contributed by atoms with van der Waals surface area (Å²) in [6, 6.07) is 8.40. The van der Waals surface area contributed by atoms with Gasteiger partial charge in [0.25, 0.3) is 0 Å². The van der Waals surface area contributed by atoms with Crippen LogP contribution in [-0.4, -0.2) is 18.6 Å². The predicted molar refractivity (Wildman–Crippen MR) is 55.9 cm³/mol. The Hall–Kier alpha value is -1.62. The maximum Gasteiger partial charge on any atom is 0.182 e. The van der Waals surface area contributed by atoms with E-state index in [9.17, 15) is 8.42 Å². The van der Waals surface area contributed by atoms with Crippen LogP contribution in [0.3, 0.4) is 0 Å². The predicted octanol–water partition coefficient (Wildman–Crippen LogP) is 1.38. The van der Waals surface area contributed by atoms with Gasteiger partial charge in [0, 0.05) is 11.8 Å². The smallest absolute Gasteiger partial charge is 0.182 e. The van der Waals surface area contributed by atoms with E-state index in [1.165, 1.54) is 6.20 Å². The van der Waals surface area contributed by atoms with E-state index in [1.54, 1.807) is 36.5 Å². The molecule has 78 valence electrons. The van der Waals surface area contributed by atoms with Gasteiger partial charge in [0.05, 0.1) is 16.8 Å². The van der Waals surface area contributed by atoms with Gasteiger partial charge < -0.3 is 0 Å². The van der Waals surface area contributed by atoms with Gasteiger partial charge in [0.15, 0.2) is 9.84 Å². The Labute approximate surface area is 87.9 Å². The lowest BCUT2D eigenvalue weighted by molar-refractivity contribution is 0.595. The minimum atomic E-state index is -3.24. The summed E-state index contributed by atoms with van der Waals surface area (Å²) in [6.45, 7) is 0. The standard InChI is InChI=1S/C10H10N2O2S/c13-15(14,8-9-6-11-12-7-9)10-4-2-1-3-5-10/h1-7H,8H2,(H,11,12). The van der Waals surface area contributed by atoms with Crippen LogP contribution in [-0.2, 0) is 15.6 Å². The van der Waals surface area contributed by atoms with E-state index in [1.807, 2.05) is 0 Å². The third kappa shape index (κ3) is 2.24. The van der Waals surface area contributed by atoms with Crippen LogP contribution in [0.25, 0.3) is 0 Å². The molecular formula is C10H10N2O2S. The zero-order chi connectivity index (χ0) is 10.7. The Morgan fingerprint density at radius 2 is 1.93 bits per heavy atom. The summed E-state index contributed by atoms with van der Waals surface area (Å²) in [4.78, 5) is 0.339. The maximum atomic E-state index is 11.9. The molecule has 2 rings (SSSR count). The Morgan fingerprint density at radius 1 is 1.20 bits per heavy atom. The van der Waals surface area contributed by atoms with Crippen molar-refractivity contribution in [3.05, 3.63) is 48.3 Å². The third-order valence-electron chi connectivity index (χ3n) is 2.01. The van der Waals surface area contributed by atoms with Crippen LogP contribution in [0.5, 0.6) is 0 Å². The SMILES string of the molecule is O=S(=O)(Cc1cn[nH]c1)c1ccccc1. The van der Waals surface area contributed by atoms with Gasteiger partial charge in [-0.25, -0.2) is 8.42 Å². The fraction of sp³-hybridized carbons (Fsp3) is 0.100. The van der Waals surface area contributed by atoms with Crippen LogP contribution in [0.1, 0.15) is 5.56 Å². The quantitative estimate of drug-likeness (QED) is 0.853. The van der Waals surface area contributed by atoms with Crippen molar-refractivity contribution < 1.29 is 8.42 Å². The normalized spacial score (nSPS) is 11.5. The minimum Gasteiger partial charge on any atom is -0.285 e. The van der Waals surface area contributed by atoms with Crippen molar-refractivity contribution >= 4 is 9.84 Å². The van der Waals surface area contributed by atoms with E-state index in [0.717, 1.165) is 0 Å². The molecule has 0 atom stereocenters. The molecule has 5 heteroatoms. The number of hydrogen-bond donors (Lipinski definition) is 1. The monoisotopic (exact) mass is 222 g/mol. The molecule has 0 aliphatic heterocycles. The Bertz CT molecular complexity index is 518. The van der Waals surface area contributed by atoms with E-state index in [4.69, 9.17) is 0 Å². The van der Waals surface area contributed by atoms with Crippen LogP contribution in [0, 0.1) is 0 Å². The summed E-state index contributed by atoms with van der Waals surface area (Å²) >= 11 is 0. The van der Waals surface area contributed by atoms with E-state index < -0.39 is 9.84 Å². The molecule has 1 N–H and O–H groups in total. The molecule has 0 bridgehead atoms. The van der Waals surface area contributed by atoms with Crippen LogP contribution in [0.2, 0.25) is 0 Å². The highest BCUT2D eigenvalue weighted by molar-refractivity contribution is 7.90. The second-order valence-electron chi connectivity index (χ2n) is 3.18. The lowest BCUT2D eigenvalue weighted by Gasteiger charge is -2.01. The average Bonchev–Trinajstić information content (AvgIpc) is 2.71. The molecule has 15 heavy (non-hydrogen) atoms. The summed E-state index contributed by atoms with van der Waals surface area (Å²) in [5.41, 5.74) is 0.666. The van der Waals surface area contributed by atoms with Crippen LogP contribution in [0.4, 0.5) is 0 Å². The fourth-order valence-electron chi connectivity index (χ4n) is 1.29. The number of hydrogen-bond acceptors (Lipinski definition) is 3. The summed E-state index contributed by atoms with van der Waals surface area (Å²) < 4.78 is 23.7. The number of benzene rings is 1. The van der Waals surface area contributed by atoms with E-state index in [0.29, 0.717) is 10.5 Å². The molecule has 0 radical (unpaired) electrons. The molecule has 0 spiro atoms. The summed E-state index contributed by atoms with van der Waals surface area (Å²) in [7, 11) is -3.24. The number of aromatic amines is 1. The number of H-pyrrole nitrogens is 1. The first-order valence-electron chi connectivity index (χ1n) is 4.44. The van der Waals surface area contributed by atoms with E-state index in [-0.39, 0.29) is 5.75 Å². The minimum absolute atomic E-state index is 0.0203. The average molecular weight is 222 g/mol. The topological polar surface area (TPSA) is 62.8 Å². The molecule has 0 aliphatic carbocycles. The van der Waals surface area contributed by atoms with Gasteiger partial charge in [-0.1, -0.05) is 18.2 Å². The molecule has 1 aromatic heterocycles. The number of nitrogens with zero attached hydrogens (tertiary/aromatic N) is 1. The van der Waals surface area contributed by atoms with Crippen molar-refractivity contribution in [3.63, 3.8) is 0 Å². The lowest BCUT2D eigenvalue weighted by Crippen LogP contribution is -2.03. The maximum absolute atomic E-state index is 11.9. The highest BCUT2D eigenvalue weighted by Gasteiger charge is 2.14. The largest absolute Gasteiger partial charge is 0.285 e. The van der Waals surface area contributed by atoms with Gasteiger partial charge in [-0.2, -0.15) is 5.10 Å². The van der Waals surface area contributed by atoms with Gasteiger partial charge >= 0.3 is 0 Å². The highest BCUT2D eigenvalue weighted by Crippen LogP contribution is 2.14. The molecule has 0 fully saturated rings. The lowest BCUT2D eigenvalue weighted by atomic mass is 10.4. The molecule has 1 heterocycles. The zero-order valence-electron chi connectivity index (χ0n) is 7.92. The zero-order valence-corrected chi connectivity index (χ0v) is 8.74. The summed E-state index contributed by atoms with van der Waals surface area (Å²) in [5.74, 6) is -0.0203. The summed E-state index contributed by atoms with van der Waals surface area (Å²) in [6.07, 6.45) is 3.10. The second-order valence-corrected chi connectivity index (χ2v) is 5.17. The van der Waals surface area contributed by atoms with Crippen molar-refractivity contribution in [2.24, 2.45) is 0 Å². The van der Waals surface area contributed by atoms with Gasteiger partial charge in [-0.3, -0.25) is 5.10 Å². The molecule has 0 amide bonds. The number of nitrogens with one attached hydrogen (secondary N) is 1. The van der Waals surface area contributed by atoms with Gasteiger partial charge in [0.2, 0.25) is 0 Å². The summed E-state index contributed by atoms with van der Waals surface area (Å²) in [5, 5.41) is 6.30. The molecule has 0 unspecified atom stereocenters. The third-order valence-corrected chi connectivity index (χ3v) is 3.72. The Balaban J connectivity index is 2.29. The first-order valence-corrected chi connectivity index (χ1v) is 6.09. The van der Waals surface area contributed by atoms with Gasteiger partial charge in [-0.05, 0) is 12.1 Å². The van der Waals surface area contributed by atoms with Gasteiger partial charge in [-0.15, -0.1) is 0 Å². The van der Waals surface area contributed by atoms with E-state index >= 15 is 0 Å². The first-order chi connectivity index (χ1) is 7.18. The second kappa shape index (κ2) is 3.86. The van der Waals surface area contributed by atoms with E-state index in [2.05, 4.69) is 10.2 Å². The number of aromatic nitrogens is 2. The van der Waals surface area contributed by atoms with Crippen LogP contribution < -0.4 is 0 Å². The molecule has 4 nitrogen and oxygen atoms in total. The molecule has 2 aromatic rings. The highest BCUT2D eigenvalue weighted by atomic mass is 32.2. The Kier molecular flexibility index (Phi) is 2.55. The Morgan fingerprint density at radius 3 is 2.53 bits per heavy atom. The van der Waals surface area contributed by atoms with Gasteiger partial charge in [0.1, 0.15) is 0 Å². The number of rotatable bonds is 3. The van der Waals surface area contributed by atoms with Crippen LogP contribution >= 0.6 is 0 Å². The molecule has 0 saturated carbocycles. The molecule has 1 aromatic carbocycles.